The van der Waals surface area contributed by atoms with Gasteiger partial charge in [0, 0.05) is 24.8 Å². The molecule has 10 heteroatoms. The highest BCUT2D eigenvalue weighted by Gasteiger charge is 2.44. The third-order valence-corrected chi connectivity index (χ3v) is 9.13. The summed E-state index contributed by atoms with van der Waals surface area (Å²) in [5.74, 6) is -1.89. The molecule has 1 aromatic heterocycles. The SMILES string of the molecule is CC(=O)NCCCCC1C(=O)C(C)(C)[C@@H](O)CC(=O)O[C@H](/C(C)=C/c2csc(C)n2)COC(C)(C)CCC[C@H](C)[C@@H]1O. The molecule has 3 N–H and O–H groups in total. The van der Waals surface area contributed by atoms with E-state index in [-0.39, 0.29) is 30.6 Å². The number of unbranched alkanes of at least 4 members (excludes halogenated alkanes) is 1. The fourth-order valence-electron chi connectivity index (χ4n) is 5.29. The van der Waals surface area contributed by atoms with Crippen LogP contribution in [0, 0.1) is 24.2 Å². The summed E-state index contributed by atoms with van der Waals surface area (Å²) >= 11 is 1.53. The van der Waals surface area contributed by atoms with E-state index in [2.05, 4.69) is 10.3 Å². The number of amides is 1. The number of aromatic nitrogens is 1. The fraction of sp³-hybridized carbons (Fsp3) is 0.750. The Kier molecular flexibility index (Phi) is 13.8. The lowest BCUT2D eigenvalue weighted by atomic mass is 9.71. The van der Waals surface area contributed by atoms with E-state index in [0.717, 1.165) is 29.1 Å². The van der Waals surface area contributed by atoms with Crippen molar-refractivity contribution < 1.29 is 34.1 Å². The normalized spacial score (nSPS) is 28.2. The van der Waals surface area contributed by atoms with E-state index < -0.39 is 41.2 Å². The molecule has 1 fully saturated rings. The van der Waals surface area contributed by atoms with Gasteiger partial charge in [-0.1, -0.05) is 33.6 Å². The molecule has 0 aliphatic carbocycles. The first-order valence-electron chi connectivity index (χ1n) is 15.1. The summed E-state index contributed by atoms with van der Waals surface area (Å²) in [6, 6.07) is 0. The van der Waals surface area contributed by atoms with Crippen LogP contribution in [0.1, 0.15) is 104 Å². The third-order valence-electron chi connectivity index (χ3n) is 8.33. The van der Waals surface area contributed by atoms with Crippen LogP contribution in [0.15, 0.2) is 11.0 Å². The number of hydrogen-bond donors (Lipinski definition) is 3. The Morgan fingerprint density at radius 3 is 2.50 bits per heavy atom. The number of esters is 1. The summed E-state index contributed by atoms with van der Waals surface area (Å²) in [6.07, 6.45) is 2.52. The number of thiazole rings is 1. The molecule has 1 aliphatic rings. The average molecular weight is 609 g/mol. The number of cyclic esters (lactones) is 1. The van der Waals surface area contributed by atoms with E-state index in [0.29, 0.717) is 32.2 Å². The lowest BCUT2D eigenvalue weighted by Crippen LogP contribution is -2.47. The zero-order valence-electron chi connectivity index (χ0n) is 26.7. The first-order chi connectivity index (χ1) is 19.5. The molecule has 2 heterocycles. The average Bonchev–Trinajstić information content (AvgIpc) is 3.30. The predicted octanol–water partition coefficient (Wildman–Crippen LogP) is 5.01. The molecule has 9 nitrogen and oxygen atoms in total. The molecule has 1 aliphatic heterocycles. The van der Waals surface area contributed by atoms with Crippen LogP contribution >= 0.6 is 11.3 Å². The Morgan fingerprint density at radius 2 is 1.88 bits per heavy atom. The zero-order chi connectivity index (χ0) is 31.7. The van der Waals surface area contributed by atoms with Crippen molar-refractivity contribution in [3.05, 3.63) is 21.7 Å². The number of carbonyl (C=O) groups is 3. The number of carbonyl (C=O) groups excluding carboxylic acids is 3. The number of nitrogens with one attached hydrogen (secondary N) is 1. The maximum atomic E-state index is 13.9. The minimum absolute atomic E-state index is 0.112. The molecule has 5 atom stereocenters. The summed E-state index contributed by atoms with van der Waals surface area (Å²) in [7, 11) is 0. The highest BCUT2D eigenvalue weighted by molar-refractivity contribution is 7.09. The quantitative estimate of drug-likeness (QED) is 0.290. The van der Waals surface area contributed by atoms with Gasteiger partial charge in [-0.15, -0.1) is 11.3 Å². The molecule has 1 amide bonds. The fourth-order valence-corrected chi connectivity index (χ4v) is 5.86. The van der Waals surface area contributed by atoms with E-state index in [1.807, 2.05) is 46.1 Å². The van der Waals surface area contributed by atoms with Crippen LogP contribution in [0.4, 0.5) is 0 Å². The number of aliphatic hydroxyl groups is 2. The second-order valence-electron chi connectivity index (χ2n) is 13.0. The minimum atomic E-state index is -1.31. The number of Topliss-reactive ketones (excluding diaryl/α,β-unsaturated/α-hetero) is 1. The van der Waals surface area contributed by atoms with Gasteiger partial charge in [0.05, 0.1) is 47.0 Å². The maximum Gasteiger partial charge on any atom is 0.309 e. The molecule has 2 rings (SSSR count). The van der Waals surface area contributed by atoms with Crippen molar-refractivity contribution in [2.45, 2.75) is 124 Å². The third kappa shape index (κ3) is 11.2. The van der Waals surface area contributed by atoms with Gasteiger partial charge in [0.1, 0.15) is 11.9 Å². The second kappa shape index (κ2) is 16.1. The lowest BCUT2D eigenvalue weighted by molar-refractivity contribution is -0.159. The van der Waals surface area contributed by atoms with Gasteiger partial charge >= 0.3 is 5.97 Å². The van der Waals surface area contributed by atoms with Gasteiger partial charge < -0.3 is 25.0 Å². The van der Waals surface area contributed by atoms with E-state index in [1.54, 1.807) is 13.8 Å². The minimum Gasteiger partial charge on any atom is -0.455 e. The summed E-state index contributed by atoms with van der Waals surface area (Å²) in [5.41, 5.74) is -0.258. The Morgan fingerprint density at radius 1 is 1.19 bits per heavy atom. The molecule has 1 saturated heterocycles. The van der Waals surface area contributed by atoms with Crippen LogP contribution in [0.3, 0.4) is 0 Å². The molecule has 0 saturated carbocycles. The topological polar surface area (TPSA) is 135 Å². The van der Waals surface area contributed by atoms with Crippen molar-refractivity contribution >= 4 is 35.1 Å². The lowest BCUT2D eigenvalue weighted by Gasteiger charge is -2.36. The highest BCUT2D eigenvalue weighted by Crippen LogP contribution is 2.35. The first kappa shape index (κ1) is 36.1. The molecular weight excluding hydrogens is 556 g/mol. The maximum absolute atomic E-state index is 13.9. The smallest absolute Gasteiger partial charge is 0.309 e. The Bertz CT molecular complexity index is 1080. The Labute approximate surface area is 255 Å². The Balaban J connectivity index is 2.32. The number of ether oxygens (including phenoxy) is 2. The van der Waals surface area contributed by atoms with Crippen molar-refractivity contribution in [3.8, 4) is 0 Å². The van der Waals surface area contributed by atoms with Gasteiger partial charge in [0.15, 0.2) is 0 Å². The molecule has 0 bridgehead atoms. The largest absolute Gasteiger partial charge is 0.455 e. The van der Waals surface area contributed by atoms with Crippen LogP contribution in [0.25, 0.3) is 6.08 Å². The summed E-state index contributed by atoms with van der Waals surface area (Å²) in [6.45, 7) is 15.1. The number of aryl methyl sites for hydroxylation is 1. The monoisotopic (exact) mass is 608 g/mol. The van der Waals surface area contributed by atoms with Gasteiger partial charge in [0.2, 0.25) is 5.91 Å². The zero-order valence-corrected chi connectivity index (χ0v) is 27.5. The molecule has 1 aromatic rings. The van der Waals surface area contributed by atoms with Crippen LogP contribution in [-0.4, -0.2) is 69.9 Å². The number of hydrogen-bond acceptors (Lipinski definition) is 9. The van der Waals surface area contributed by atoms with Crippen LogP contribution in [0.5, 0.6) is 0 Å². The van der Waals surface area contributed by atoms with E-state index in [1.165, 1.54) is 18.3 Å². The molecule has 1 unspecified atom stereocenters. The van der Waals surface area contributed by atoms with Crippen molar-refractivity contribution in [2.75, 3.05) is 13.2 Å². The summed E-state index contributed by atoms with van der Waals surface area (Å²) < 4.78 is 12.1. The second-order valence-corrected chi connectivity index (χ2v) is 14.0. The highest BCUT2D eigenvalue weighted by atomic mass is 32.1. The van der Waals surface area contributed by atoms with E-state index >= 15 is 0 Å². The molecule has 0 radical (unpaired) electrons. The number of rotatable bonds is 7. The molecule has 0 aromatic carbocycles. The van der Waals surface area contributed by atoms with Gasteiger partial charge in [0.25, 0.3) is 0 Å². The van der Waals surface area contributed by atoms with E-state index in [4.69, 9.17) is 9.47 Å². The number of nitrogens with zero attached hydrogens (tertiary/aromatic N) is 1. The number of ketones is 1. The van der Waals surface area contributed by atoms with E-state index in [9.17, 15) is 24.6 Å². The van der Waals surface area contributed by atoms with Crippen molar-refractivity contribution in [3.63, 3.8) is 0 Å². The van der Waals surface area contributed by atoms with Gasteiger partial charge in [-0.25, -0.2) is 4.98 Å². The van der Waals surface area contributed by atoms with Crippen LogP contribution < -0.4 is 5.32 Å². The van der Waals surface area contributed by atoms with Gasteiger partial charge in [-0.3, -0.25) is 14.4 Å². The van der Waals surface area contributed by atoms with Crippen molar-refractivity contribution in [2.24, 2.45) is 17.3 Å². The summed E-state index contributed by atoms with van der Waals surface area (Å²) in [5, 5.41) is 28.2. The molecule has 0 spiro atoms. The molecule has 42 heavy (non-hydrogen) atoms. The number of aliphatic hydroxyl groups excluding tert-OH is 2. The van der Waals surface area contributed by atoms with Crippen LogP contribution in [-0.2, 0) is 23.9 Å². The summed E-state index contributed by atoms with van der Waals surface area (Å²) in [4.78, 5) is 42.7. The van der Waals surface area contributed by atoms with Crippen molar-refractivity contribution in [1.29, 1.82) is 0 Å². The Hall–Kier alpha value is -2.14. The van der Waals surface area contributed by atoms with Gasteiger partial charge in [-0.2, -0.15) is 0 Å². The van der Waals surface area contributed by atoms with Gasteiger partial charge in [-0.05, 0) is 70.9 Å². The van der Waals surface area contributed by atoms with Crippen molar-refractivity contribution in [1.82, 2.24) is 10.3 Å². The predicted molar refractivity (Wildman–Crippen MR) is 165 cm³/mol. The first-order valence-corrected chi connectivity index (χ1v) is 16.0. The standard InChI is InChI=1S/C32H52N2O7S/c1-20-12-11-14-31(5,6)40-18-26(21(2)16-24-19-42-23(4)34-24)41-28(37)17-27(36)32(7,8)30(39)25(29(20)38)13-9-10-15-33-22(3)35/h16,19-20,25-27,29,36,38H,9-15,17-18H2,1-8H3,(H,33,35)/b21-16+/t20-,25?,26-,27-,29-/m0/s1. The van der Waals surface area contributed by atoms with Crippen LogP contribution in [0.2, 0.25) is 0 Å². The molecular formula is C32H52N2O7S. The molecule has 238 valence electrons.